The predicted molar refractivity (Wildman–Crippen MR) is 126 cm³/mol. The smallest absolute Gasteiger partial charge is 0.337 e. The summed E-state index contributed by atoms with van der Waals surface area (Å²) >= 11 is 0. The maximum absolute atomic E-state index is 14.6. The fraction of sp³-hybridized carbons (Fsp3) is 0.333. The van der Waals surface area contributed by atoms with Gasteiger partial charge in [0.05, 0.1) is 11.0 Å². The summed E-state index contributed by atoms with van der Waals surface area (Å²) in [6.07, 6.45) is -5.32. The van der Waals surface area contributed by atoms with Crippen molar-refractivity contribution in [1.29, 1.82) is 0 Å². The zero-order valence-electron chi connectivity index (χ0n) is 20.0. The third kappa shape index (κ3) is 5.92. The van der Waals surface area contributed by atoms with Gasteiger partial charge in [0.1, 0.15) is 11.5 Å². The third-order valence-electron chi connectivity index (χ3n) is 6.74. The van der Waals surface area contributed by atoms with Crippen LogP contribution in [-0.2, 0) is 17.8 Å². The molecule has 38 heavy (non-hydrogen) atoms. The van der Waals surface area contributed by atoms with E-state index in [0.29, 0.717) is 17.7 Å². The fourth-order valence-corrected chi connectivity index (χ4v) is 4.86. The minimum atomic E-state index is -4.90. The molecule has 0 saturated heterocycles. The van der Waals surface area contributed by atoms with Gasteiger partial charge in [-0.25, -0.2) is 9.18 Å². The maximum atomic E-state index is 14.6. The Morgan fingerprint density at radius 3 is 2.05 bits per heavy atom. The Labute approximate surface area is 214 Å². The molecule has 2 aromatic carbocycles. The highest BCUT2D eigenvalue weighted by atomic mass is 19.4. The maximum Gasteiger partial charge on any atom is 0.433 e. The molecule has 1 heterocycles. The van der Waals surface area contributed by atoms with Crippen molar-refractivity contribution in [3.8, 4) is 0 Å². The van der Waals surface area contributed by atoms with Crippen LogP contribution in [0.15, 0.2) is 66.9 Å². The van der Waals surface area contributed by atoms with E-state index in [1.807, 2.05) is 0 Å². The van der Waals surface area contributed by atoms with Crippen molar-refractivity contribution < 1.29 is 35.5 Å². The van der Waals surface area contributed by atoms with Crippen LogP contribution in [0.1, 0.15) is 53.6 Å². The number of nitrogens with one attached hydrogen (secondary N) is 2. The van der Waals surface area contributed by atoms with E-state index in [0.717, 1.165) is 50.1 Å². The Balaban J connectivity index is 1.88. The molecule has 1 atom stereocenters. The van der Waals surface area contributed by atoms with Gasteiger partial charge in [0.15, 0.2) is 0 Å². The molecule has 4 rings (SSSR count). The molecule has 1 aromatic heterocycles. The number of carbonyl (C=O) groups excluding carboxylic acids is 1. The van der Waals surface area contributed by atoms with Crippen LogP contribution in [0.5, 0.6) is 0 Å². The van der Waals surface area contributed by atoms with Crippen molar-refractivity contribution in [2.75, 3.05) is 6.54 Å². The van der Waals surface area contributed by atoms with Gasteiger partial charge >= 0.3 is 18.4 Å². The first-order valence-electron chi connectivity index (χ1n) is 11.9. The first-order valence-corrected chi connectivity index (χ1v) is 11.9. The number of urea groups is 1. The zero-order valence-corrected chi connectivity index (χ0v) is 20.0. The Morgan fingerprint density at radius 2 is 1.47 bits per heavy atom. The standard InChI is InChI=1S/C27H24F7N3O/c28-21-13-19(12-20(14-21)26(29,30)31)25(17-6-2-1-3-7-17,16-36-24(38)37-22-8-4-5-9-22)18-10-11-23(35-15-18)27(32,33)34/h1-3,6-7,10-15,22H,4-5,8-9,16H2,(H2,36,37,38). The van der Waals surface area contributed by atoms with E-state index in [2.05, 4.69) is 15.6 Å². The summed E-state index contributed by atoms with van der Waals surface area (Å²) < 4.78 is 95.4. The minimum absolute atomic E-state index is 0.0385. The molecule has 11 heteroatoms. The van der Waals surface area contributed by atoms with E-state index in [1.165, 1.54) is 0 Å². The number of nitrogens with zero attached hydrogens (tertiary/aromatic N) is 1. The van der Waals surface area contributed by atoms with Gasteiger partial charge in [-0.3, -0.25) is 4.98 Å². The van der Waals surface area contributed by atoms with Crippen LogP contribution in [0.4, 0.5) is 35.5 Å². The quantitative estimate of drug-likeness (QED) is 0.337. The Hall–Kier alpha value is -3.63. The highest BCUT2D eigenvalue weighted by molar-refractivity contribution is 5.75. The van der Waals surface area contributed by atoms with Gasteiger partial charge < -0.3 is 10.6 Å². The molecule has 1 saturated carbocycles. The van der Waals surface area contributed by atoms with Gasteiger partial charge in [-0.1, -0.05) is 49.2 Å². The van der Waals surface area contributed by atoms with E-state index >= 15 is 0 Å². The van der Waals surface area contributed by atoms with Crippen LogP contribution in [0.3, 0.4) is 0 Å². The SMILES string of the molecule is O=C(NCC(c1ccccc1)(c1ccc(C(F)(F)F)nc1)c1cc(F)cc(C(F)(F)F)c1)NC1CCCC1. The molecule has 1 unspecified atom stereocenters. The molecule has 0 spiro atoms. The van der Waals surface area contributed by atoms with Crippen LogP contribution in [0, 0.1) is 5.82 Å². The monoisotopic (exact) mass is 539 g/mol. The lowest BCUT2D eigenvalue weighted by Gasteiger charge is -2.36. The van der Waals surface area contributed by atoms with E-state index in [4.69, 9.17) is 0 Å². The number of alkyl halides is 6. The van der Waals surface area contributed by atoms with Crippen molar-refractivity contribution in [3.05, 3.63) is 101 Å². The van der Waals surface area contributed by atoms with Crippen molar-refractivity contribution in [2.45, 2.75) is 49.5 Å². The van der Waals surface area contributed by atoms with E-state index in [9.17, 15) is 35.5 Å². The summed E-state index contributed by atoms with van der Waals surface area (Å²) in [5.41, 5.74) is -4.04. The second-order valence-corrected chi connectivity index (χ2v) is 9.24. The largest absolute Gasteiger partial charge is 0.433 e. The van der Waals surface area contributed by atoms with Gasteiger partial charge in [0.25, 0.3) is 0 Å². The first kappa shape index (κ1) is 27.4. The molecule has 2 N–H and O–H groups in total. The number of pyridine rings is 1. The van der Waals surface area contributed by atoms with Crippen molar-refractivity contribution >= 4 is 6.03 Å². The lowest BCUT2D eigenvalue weighted by Crippen LogP contribution is -2.48. The van der Waals surface area contributed by atoms with Crippen LogP contribution in [0.2, 0.25) is 0 Å². The third-order valence-corrected chi connectivity index (χ3v) is 6.74. The minimum Gasteiger partial charge on any atom is -0.337 e. The van der Waals surface area contributed by atoms with Crippen LogP contribution in [0.25, 0.3) is 0 Å². The van der Waals surface area contributed by atoms with Crippen molar-refractivity contribution in [3.63, 3.8) is 0 Å². The summed E-state index contributed by atoms with van der Waals surface area (Å²) in [7, 11) is 0. The molecule has 2 amide bonds. The highest BCUT2D eigenvalue weighted by Gasteiger charge is 2.41. The number of benzene rings is 2. The molecule has 0 radical (unpaired) electrons. The van der Waals surface area contributed by atoms with Crippen LogP contribution in [-0.4, -0.2) is 23.6 Å². The predicted octanol–water partition coefficient (Wildman–Crippen LogP) is 6.83. The average molecular weight is 539 g/mol. The van der Waals surface area contributed by atoms with Crippen molar-refractivity contribution in [2.24, 2.45) is 0 Å². The van der Waals surface area contributed by atoms with E-state index in [-0.39, 0.29) is 23.7 Å². The van der Waals surface area contributed by atoms with Gasteiger partial charge in [-0.15, -0.1) is 0 Å². The lowest BCUT2D eigenvalue weighted by atomic mass is 9.69. The summed E-state index contributed by atoms with van der Waals surface area (Å²) in [4.78, 5) is 16.3. The number of hydrogen-bond acceptors (Lipinski definition) is 2. The second kappa shape index (κ2) is 10.6. The highest BCUT2D eigenvalue weighted by Crippen LogP contribution is 2.42. The summed E-state index contributed by atoms with van der Waals surface area (Å²) in [5.74, 6) is -1.19. The summed E-state index contributed by atoms with van der Waals surface area (Å²) in [6, 6.07) is 11.0. The number of carbonyl (C=O) groups is 1. The van der Waals surface area contributed by atoms with Crippen molar-refractivity contribution in [1.82, 2.24) is 15.6 Å². The first-order chi connectivity index (χ1) is 17.9. The molecular formula is C27H24F7N3O. The van der Waals surface area contributed by atoms with E-state index < -0.39 is 40.9 Å². The molecule has 0 aliphatic heterocycles. The van der Waals surface area contributed by atoms with Gasteiger partial charge in [-0.2, -0.15) is 26.3 Å². The molecule has 202 valence electrons. The molecular weight excluding hydrogens is 515 g/mol. The van der Waals surface area contributed by atoms with Gasteiger partial charge in [0.2, 0.25) is 0 Å². The van der Waals surface area contributed by atoms with Gasteiger partial charge in [-0.05, 0) is 53.8 Å². The molecule has 0 bridgehead atoms. The second-order valence-electron chi connectivity index (χ2n) is 9.24. The van der Waals surface area contributed by atoms with Crippen LogP contribution < -0.4 is 10.6 Å². The van der Waals surface area contributed by atoms with Crippen LogP contribution >= 0.6 is 0 Å². The topological polar surface area (TPSA) is 54.0 Å². The normalized spacial score (nSPS) is 16.2. The Morgan fingerprint density at radius 1 is 0.816 bits per heavy atom. The number of halogens is 7. The Bertz CT molecular complexity index is 1250. The molecule has 3 aromatic rings. The zero-order chi connectivity index (χ0) is 27.6. The molecule has 1 aliphatic rings. The number of rotatable bonds is 6. The lowest BCUT2D eigenvalue weighted by molar-refractivity contribution is -0.141. The molecule has 4 nitrogen and oxygen atoms in total. The molecule has 1 aliphatic carbocycles. The summed E-state index contributed by atoms with van der Waals surface area (Å²) in [6.45, 7) is -0.386. The van der Waals surface area contributed by atoms with E-state index in [1.54, 1.807) is 30.3 Å². The number of aromatic nitrogens is 1. The average Bonchev–Trinajstić information content (AvgIpc) is 3.37. The number of hydrogen-bond donors (Lipinski definition) is 2. The molecule has 1 fully saturated rings. The van der Waals surface area contributed by atoms with Gasteiger partial charge in [0, 0.05) is 18.8 Å². The number of amides is 2. The fourth-order valence-electron chi connectivity index (χ4n) is 4.86. The summed E-state index contributed by atoms with van der Waals surface area (Å²) in [5, 5.41) is 5.48. The Kier molecular flexibility index (Phi) is 7.66.